The van der Waals surface area contributed by atoms with E-state index in [1.807, 2.05) is 6.92 Å². The zero-order chi connectivity index (χ0) is 9.68. The summed E-state index contributed by atoms with van der Waals surface area (Å²) >= 11 is 0. The third kappa shape index (κ3) is 2.99. The van der Waals surface area contributed by atoms with Gasteiger partial charge in [-0.2, -0.15) is 0 Å². The van der Waals surface area contributed by atoms with Gasteiger partial charge in [-0.3, -0.25) is 4.79 Å². The van der Waals surface area contributed by atoms with E-state index >= 15 is 0 Å². The predicted octanol–water partition coefficient (Wildman–Crippen LogP) is 0.598. The molecular formula is C10H20NO2+. The summed E-state index contributed by atoms with van der Waals surface area (Å²) in [5.74, 6) is 0.915. The van der Waals surface area contributed by atoms with E-state index in [-0.39, 0.29) is 11.9 Å². The molecule has 0 spiro atoms. The number of carbonyl (C=O) groups is 1. The summed E-state index contributed by atoms with van der Waals surface area (Å²) < 4.78 is 5.00. The molecule has 1 fully saturated rings. The molecule has 0 bridgehead atoms. The highest BCUT2D eigenvalue weighted by Gasteiger charge is 2.26. The maximum absolute atomic E-state index is 11.4. The van der Waals surface area contributed by atoms with Crippen LogP contribution >= 0.6 is 0 Å². The standard InChI is InChI=1S/C10H19NO2/c1-2-13-10(12)9-5-3-8(7-11)4-6-9/h8-9H,2-7,11H2,1H3/p+1. The fourth-order valence-corrected chi connectivity index (χ4v) is 1.95. The highest BCUT2D eigenvalue weighted by molar-refractivity contribution is 5.72. The van der Waals surface area contributed by atoms with E-state index in [4.69, 9.17) is 4.74 Å². The molecule has 76 valence electrons. The Bertz CT molecular complexity index is 162. The van der Waals surface area contributed by atoms with Crippen molar-refractivity contribution in [2.24, 2.45) is 11.8 Å². The van der Waals surface area contributed by atoms with Crippen LogP contribution in [0.2, 0.25) is 0 Å². The van der Waals surface area contributed by atoms with Gasteiger partial charge >= 0.3 is 5.97 Å². The van der Waals surface area contributed by atoms with Crippen LogP contribution in [0.25, 0.3) is 0 Å². The molecule has 0 amide bonds. The molecule has 0 unspecified atom stereocenters. The van der Waals surface area contributed by atoms with Crippen LogP contribution in [0.1, 0.15) is 32.6 Å². The van der Waals surface area contributed by atoms with Crippen molar-refractivity contribution in [3.63, 3.8) is 0 Å². The highest BCUT2D eigenvalue weighted by atomic mass is 16.5. The van der Waals surface area contributed by atoms with Crippen molar-refractivity contribution in [2.45, 2.75) is 32.6 Å². The number of esters is 1. The summed E-state index contributed by atoms with van der Waals surface area (Å²) in [5.41, 5.74) is 3.90. The summed E-state index contributed by atoms with van der Waals surface area (Å²) in [6.45, 7) is 3.38. The highest BCUT2D eigenvalue weighted by Crippen LogP contribution is 2.28. The van der Waals surface area contributed by atoms with E-state index in [9.17, 15) is 4.79 Å². The van der Waals surface area contributed by atoms with Crippen molar-refractivity contribution in [1.82, 2.24) is 0 Å². The van der Waals surface area contributed by atoms with Gasteiger partial charge in [-0.15, -0.1) is 0 Å². The summed E-state index contributed by atoms with van der Waals surface area (Å²) in [4.78, 5) is 11.4. The van der Waals surface area contributed by atoms with Crippen LogP contribution in [-0.4, -0.2) is 19.1 Å². The number of hydrogen-bond donors (Lipinski definition) is 1. The second-order valence-corrected chi connectivity index (χ2v) is 3.76. The third-order valence-electron chi connectivity index (χ3n) is 2.87. The molecule has 0 atom stereocenters. The van der Waals surface area contributed by atoms with Gasteiger partial charge in [0, 0.05) is 5.92 Å². The molecule has 0 saturated heterocycles. The van der Waals surface area contributed by atoms with Crippen molar-refractivity contribution >= 4 is 5.97 Å². The molecule has 0 radical (unpaired) electrons. The van der Waals surface area contributed by atoms with Crippen LogP contribution in [0.15, 0.2) is 0 Å². The van der Waals surface area contributed by atoms with Gasteiger partial charge in [-0.25, -0.2) is 0 Å². The van der Waals surface area contributed by atoms with Crippen LogP contribution in [0.5, 0.6) is 0 Å². The first-order chi connectivity index (χ1) is 6.27. The molecule has 0 aromatic heterocycles. The predicted molar refractivity (Wildman–Crippen MR) is 49.8 cm³/mol. The zero-order valence-corrected chi connectivity index (χ0v) is 8.42. The van der Waals surface area contributed by atoms with Crippen molar-refractivity contribution in [3.8, 4) is 0 Å². The molecule has 0 heterocycles. The lowest BCUT2D eigenvalue weighted by atomic mass is 9.82. The number of rotatable bonds is 3. The second kappa shape index (κ2) is 5.22. The van der Waals surface area contributed by atoms with Gasteiger partial charge in [0.15, 0.2) is 0 Å². The minimum Gasteiger partial charge on any atom is -0.466 e. The lowest BCUT2D eigenvalue weighted by Gasteiger charge is -2.24. The molecule has 13 heavy (non-hydrogen) atoms. The largest absolute Gasteiger partial charge is 0.466 e. The Morgan fingerprint density at radius 1 is 1.38 bits per heavy atom. The SMILES string of the molecule is CCOC(=O)C1CCC(C[NH3+])CC1. The molecule has 1 aliphatic rings. The summed E-state index contributed by atoms with van der Waals surface area (Å²) in [6, 6.07) is 0. The first kappa shape index (κ1) is 10.5. The molecule has 0 aromatic carbocycles. The van der Waals surface area contributed by atoms with Crippen LogP contribution in [-0.2, 0) is 9.53 Å². The molecule has 0 aliphatic heterocycles. The van der Waals surface area contributed by atoms with E-state index in [1.165, 1.54) is 0 Å². The summed E-state index contributed by atoms with van der Waals surface area (Å²) in [7, 11) is 0. The molecule has 1 aliphatic carbocycles. The summed E-state index contributed by atoms with van der Waals surface area (Å²) in [6.07, 6.45) is 4.29. The minimum atomic E-state index is 0.00464. The van der Waals surface area contributed by atoms with Gasteiger partial charge in [-0.1, -0.05) is 0 Å². The number of hydrogen-bond acceptors (Lipinski definition) is 2. The lowest BCUT2D eigenvalue weighted by Crippen LogP contribution is -2.54. The fraction of sp³-hybridized carbons (Fsp3) is 0.900. The van der Waals surface area contributed by atoms with E-state index < -0.39 is 0 Å². The topological polar surface area (TPSA) is 53.9 Å². The maximum Gasteiger partial charge on any atom is 0.308 e. The van der Waals surface area contributed by atoms with Crippen LogP contribution in [0.3, 0.4) is 0 Å². The Kier molecular flexibility index (Phi) is 4.22. The second-order valence-electron chi connectivity index (χ2n) is 3.76. The quantitative estimate of drug-likeness (QED) is 0.656. The smallest absolute Gasteiger partial charge is 0.308 e. The van der Waals surface area contributed by atoms with E-state index in [1.54, 1.807) is 0 Å². The van der Waals surface area contributed by atoms with Gasteiger partial charge in [0.25, 0.3) is 0 Å². The molecule has 0 aromatic rings. The average molecular weight is 186 g/mol. The zero-order valence-electron chi connectivity index (χ0n) is 8.42. The summed E-state index contributed by atoms with van der Waals surface area (Å²) in [5, 5.41) is 0. The van der Waals surface area contributed by atoms with Crippen molar-refractivity contribution < 1.29 is 15.3 Å². The van der Waals surface area contributed by atoms with Crippen LogP contribution in [0.4, 0.5) is 0 Å². The normalized spacial score (nSPS) is 28.5. The molecule has 1 saturated carbocycles. The van der Waals surface area contributed by atoms with Crippen LogP contribution < -0.4 is 5.73 Å². The van der Waals surface area contributed by atoms with E-state index in [0.29, 0.717) is 6.61 Å². The van der Waals surface area contributed by atoms with Gasteiger partial charge in [0.1, 0.15) is 0 Å². The number of carbonyl (C=O) groups excluding carboxylic acids is 1. The molecule has 3 heteroatoms. The van der Waals surface area contributed by atoms with Crippen molar-refractivity contribution in [1.29, 1.82) is 0 Å². The Morgan fingerprint density at radius 3 is 2.46 bits per heavy atom. The van der Waals surface area contributed by atoms with Gasteiger partial charge < -0.3 is 10.5 Å². The third-order valence-corrected chi connectivity index (χ3v) is 2.87. The van der Waals surface area contributed by atoms with Gasteiger partial charge in [0.05, 0.1) is 19.1 Å². The van der Waals surface area contributed by atoms with Crippen molar-refractivity contribution in [2.75, 3.05) is 13.2 Å². The molecule has 3 nitrogen and oxygen atoms in total. The maximum atomic E-state index is 11.4. The Balaban J connectivity index is 2.28. The first-order valence-corrected chi connectivity index (χ1v) is 5.23. The Hall–Kier alpha value is -0.570. The molecular weight excluding hydrogens is 166 g/mol. The van der Waals surface area contributed by atoms with Gasteiger partial charge in [-0.05, 0) is 32.6 Å². The van der Waals surface area contributed by atoms with Gasteiger partial charge in [0.2, 0.25) is 0 Å². The fourth-order valence-electron chi connectivity index (χ4n) is 1.95. The Morgan fingerprint density at radius 2 is 2.00 bits per heavy atom. The van der Waals surface area contributed by atoms with Crippen LogP contribution in [0, 0.1) is 11.8 Å². The number of quaternary nitrogens is 1. The number of ether oxygens (including phenoxy) is 1. The Labute approximate surface area is 79.6 Å². The minimum absolute atomic E-state index is 0.00464. The van der Waals surface area contributed by atoms with E-state index in [2.05, 4.69) is 5.73 Å². The molecule has 1 rings (SSSR count). The van der Waals surface area contributed by atoms with Crippen molar-refractivity contribution in [3.05, 3.63) is 0 Å². The molecule has 3 N–H and O–H groups in total. The van der Waals surface area contributed by atoms with E-state index in [0.717, 1.165) is 38.1 Å². The lowest BCUT2D eigenvalue weighted by molar-refractivity contribution is -0.380. The monoisotopic (exact) mass is 186 g/mol. The average Bonchev–Trinajstić information content (AvgIpc) is 2.18. The first-order valence-electron chi connectivity index (χ1n) is 5.23.